The lowest BCUT2D eigenvalue weighted by Gasteiger charge is -2.17. The number of hydrogen-bond acceptors (Lipinski definition) is 4. The number of anilines is 2. The van der Waals surface area contributed by atoms with Crippen LogP contribution in [-0.4, -0.2) is 16.5 Å². The summed E-state index contributed by atoms with van der Waals surface area (Å²) in [6.07, 6.45) is 1.51. The van der Waals surface area contributed by atoms with Crippen LogP contribution in [0, 0.1) is 0 Å². The summed E-state index contributed by atoms with van der Waals surface area (Å²) in [5.74, 6) is 2.11. The summed E-state index contributed by atoms with van der Waals surface area (Å²) in [5.41, 5.74) is 8.26. The molecule has 106 valence electrons. The van der Waals surface area contributed by atoms with Crippen molar-refractivity contribution in [1.82, 2.24) is 9.97 Å². The zero-order valence-electron chi connectivity index (χ0n) is 12.3. The van der Waals surface area contributed by atoms with Crippen LogP contribution in [0.15, 0.2) is 36.7 Å². The molecule has 1 aromatic heterocycles. The Morgan fingerprint density at radius 2 is 1.80 bits per heavy atom. The first-order chi connectivity index (χ1) is 9.59. The Labute approximate surface area is 120 Å². The van der Waals surface area contributed by atoms with Gasteiger partial charge in [0.25, 0.3) is 0 Å². The average molecular weight is 270 g/mol. The standard InChI is InChI=1S/C16H22N4/c1-11(2)14-15(17)19-10-20-16(14)18-9-12(3)13-7-5-4-6-8-13/h4-8,10-12H,9H2,1-3H3,(H3,17,18,19,20). The van der Waals surface area contributed by atoms with Gasteiger partial charge in [-0.05, 0) is 17.4 Å². The zero-order chi connectivity index (χ0) is 14.5. The van der Waals surface area contributed by atoms with Crippen LogP contribution in [0.4, 0.5) is 11.6 Å². The van der Waals surface area contributed by atoms with Gasteiger partial charge in [-0.15, -0.1) is 0 Å². The van der Waals surface area contributed by atoms with Crippen LogP contribution >= 0.6 is 0 Å². The fourth-order valence-corrected chi connectivity index (χ4v) is 2.27. The molecule has 0 amide bonds. The Bertz CT molecular complexity index is 552. The van der Waals surface area contributed by atoms with Crippen molar-refractivity contribution in [3.63, 3.8) is 0 Å². The quantitative estimate of drug-likeness (QED) is 0.874. The van der Waals surface area contributed by atoms with Crippen molar-refractivity contribution in [2.75, 3.05) is 17.6 Å². The van der Waals surface area contributed by atoms with Crippen LogP contribution in [0.1, 0.15) is 43.7 Å². The molecule has 0 saturated heterocycles. The molecule has 4 heteroatoms. The van der Waals surface area contributed by atoms with Gasteiger partial charge in [0.05, 0.1) is 0 Å². The van der Waals surface area contributed by atoms with E-state index in [0.717, 1.165) is 17.9 Å². The summed E-state index contributed by atoms with van der Waals surface area (Å²) in [5, 5.41) is 3.40. The molecule has 1 heterocycles. The van der Waals surface area contributed by atoms with E-state index in [-0.39, 0.29) is 0 Å². The molecule has 0 saturated carbocycles. The third-order valence-corrected chi connectivity index (χ3v) is 3.44. The van der Waals surface area contributed by atoms with Gasteiger partial charge in [-0.25, -0.2) is 9.97 Å². The maximum absolute atomic E-state index is 5.95. The largest absolute Gasteiger partial charge is 0.383 e. The monoisotopic (exact) mass is 270 g/mol. The fourth-order valence-electron chi connectivity index (χ4n) is 2.27. The van der Waals surface area contributed by atoms with Crippen LogP contribution < -0.4 is 11.1 Å². The average Bonchev–Trinajstić information content (AvgIpc) is 2.45. The van der Waals surface area contributed by atoms with Crippen LogP contribution in [0.25, 0.3) is 0 Å². The Morgan fingerprint density at radius 1 is 1.10 bits per heavy atom. The van der Waals surface area contributed by atoms with Gasteiger partial charge < -0.3 is 11.1 Å². The van der Waals surface area contributed by atoms with E-state index in [0.29, 0.717) is 17.7 Å². The number of nitrogens with zero attached hydrogens (tertiary/aromatic N) is 2. The highest BCUT2D eigenvalue weighted by Crippen LogP contribution is 2.27. The summed E-state index contributed by atoms with van der Waals surface area (Å²) in [6, 6.07) is 10.4. The number of hydrogen-bond donors (Lipinski definition) is 2. The predicted octanol–water partition coefficient (Wildman–Crippen LogP) is 3.40. The minimum absolute atomic E-state index is 0.297. The highest BCUT2D eigenvalue weighted by Gasteiger charge is 2.13. The van der Waals surface area contributed by atoms with Crippen molar-refractivity contribution in [3.8, 4) is 0 Å². The van der Waals surface area contributed by atoms with Gasteiger partial charge in [-0.1, -0.05) is 51.1 Å². The van der Waals surface area contributed by atoms with E-state index in [9.17, 15) is 0 Å². The molecule has 1 aromatic carbocycles. The van der Waals surface area contributed by atoms with Crippen molar-refractivity contribution in [2.45, 2.75) is 32.6 Å². The Balaban J connectivity index is 2.10. The SMILES string of the molecule is CC(C)c1c(N)ncnc1NCC(C)c1ccccc1. The van der Waals surface area contributed by atoms with E-state index in [1.165, 1.54) is 11.9 Å². The van der Waals surface area contributed by atoms with Gasteiger partial charge in [0, 0.05) is 12.1 Å². The molecule has 1 atom stereocenters. The molecule has 20 heavy (non-hydrogen) atoms. The number of nitrogen functional groups attached to an aromatic ring is 1. The third kappa shape index (κ3) is 3.26. The molecule has 4 nitrogen and oxygen atoms in total. The number of nitrogens with one attached hydrogen (secondary N) is 1. The Hall–Kier alpha value is -2.10. The Kier molecular flexibility index (Phi) is 4.56. The highest BCUT2D eigenvalue weighted by molar-refractivity contribution is 5.56. The maximum Gasteiger partial charge on any atom is 0.135 e. The highest BCUT2D eigenvalue weighted by atomic mass is 15.0. The van der Waals surface area contributed by atoms with Gasteiger partial charge in [0.15, 0.2) is 0 Å². The molecular formula is C16H22N4. The smallest absolute Gasteiger partial charge is 0.135 e. The molecule has 0 radical (unpaired) electrons. The minimum atomic E-state index is 0.297. The molecule has 3 N–H and O–H groups in total. The van der Waals surface area contributed by atoms with E-state index in [4.69, 9.17) is 5.73 Å². The van der Waals surface area contributed by atoms with E-state index in [1.54, 1.807) is 0 Å². The summed E-state index contributed by atoms with van der Waals surface area (Å²) >= 11 is 0. The van der Waals surface area contributed by atoms with E-state index < -0.39 is 0 Å². The zero-order valence-corrected chi connectivity index (χ0v) is 12.3. The molecule has 0 aliphatic carbocycles. The van der Waals surface area contributed by atoms with Crippen molar-refractivity contribution in [2.24, 2.45) is 0 Å². The second-order valence-electron chi connectivity index (χ2n) is 5.37. The molecule has 0 bridgehead atoms. The first-order valence-corrected chi connectivity index (χ1v) is 6.98. The van der Waals surface area contributed by atoms with Crippen LogP contribution in [0.2, 0.25) is 0 Å². The summed E-state index contributed by atoms with van der Waals surface area (Å²) in [7, 11) is 0. The number of rotatable bonds is 5. The second-order valence-corrected chi connectivity index (χ2v) is 5.37. The molecule has 2 rings (SSSR count). The van der Waals surface area contributed by atoms with Crippen molar-refractivity contribution < 1.29 is 0 Å². The molecule has 2 aromatic rings. The second kappa shape index (κ2) is 6.37. The minimum Gasteiger partial charge on any atom is -0.383 e. The molecule has 0 spiro atoms. The number of benzene rings is 1. The van der Waals surface area contributed by atoms with Crippen molar-refractivity contribution in [1.29, 1.82) is 0 Å². The molecule has 0 fully saturated rings. The lowest BCUT2D eigenvalue weighted by Crippen LogP contribution is -2.14. The van der Waals surface area contributed by atoms with Crippen molar-refractivity contribution >= 4 is 11.6 Å². The van der Waals surface area contributed by atoms with Gasteiger partial charge in [-0.2, -0.15) is 0 Å². The summed E-state index contributed by atoms with van der Waals surface area (Å²) in [6.45, 7) is 7.21. The van der Waals surface area contributed by atoms with Gasteiger partial charge in [-0.3, -0.25) is 0 Å². The lowest BCUT2D eigenvalue weighted by molar-refractivity contribution is 0.790. The first-order valence-electron chi connectivity index (χ1n) is 6.98. The molecule has 0 aliphatic heterocycles. The molecule has 0 aliphatic rings. The van der Waals surface area contributed by atoms with Gasteiger partial charge in [0.1, 0.15) is 18.0 Å². The summed E-state index contributed by atoms with van der Waals surface area (Å²) < 4.78 is 0. The predicted molar refractivity (Wildman–Crippen MR) is 83.9 cm³/mol. The molecule has 1 unspecified atom stereocenters. The van der Waals surface area contributed by atoms with E-state index in [2.05, 4.69) is 60.3 Å². The van der Waals surface area contributed by atoms with Crippen LogP contribution in [0.5, 0.6) is 0 Å². The normalized spacial score (nSPS) is 12.4. The van der Waals surface area contributed by atoms with E-state index >= 15 is 0 Å². The lowest BCUT2D eigenvalue weighted by atomic mass is 10.0. The van der Waals surface area contributed by atoms with Gasteiger partial charge >= 0.3 is 0 Å². The van der Waals surface area contributed by atoms with Crippen LogP contribution in [0.3, 0.4) is 0 Å². The Morgan fingerprint density at radius 3 is 2.45 bits per heavy atom. The molecular weight excluding hydrogens is 248 g/mol. The third-order valence-electron chi connectivity index (χ3n) is 3.44. The maximum atomic E-state index is 5.95. The summed E-state index contributed by atoms with van der Waals surface area (Å²) in [4.78, 5) is 8.40. The van der Waals surface area contributed by atoms with Crippen molar-refractivity contribution in [3.05, 3.63) is 47.8 Å². The topological polar surface area (TPSA) is 63.8 Å². The number of nitrogens with two attached hydrogens (primary N) is 1. The van der Waals surface area contributed by atoms with Gasteiger partial charge in [0.2, 0.25) is 0 Å². The van der Waals surface area contributed by atoms with E-state index in [1.807, 2.05) is 6.07 Å². The first kappa shape index (κ1) is 14.3. The fraction of sp³-hybridized carbons (Fsp3) is 0.375. The van der Waals surface area contributed by atoms with Crippen LogP contribution in [-0.2, 0) is 0 Å². The number of aromatic nitrogens is 2.